The Kier molecular flexibility index (Phi) is 12.8. The van der Waals surface area contributed by atoms with Crippen molar-refractivity contribution in [3.8, 4) is 0 Å². The zero-order valence-corrected chi connectivity index (χ0v) is 28.2. The van der Waals surface area contributed by atoms with Gasteiger partial charge in [-0.3, -0.25) is 4.79 Å². The van der Waals surface area contributed by atoms with Crippen LogP contribution >= 0.6 is 0 Å². The van der Waals surface area contributed by atoms with Crippen molar-refractivity contribution in [2.45, 2.75) is 88.9 Å². The van der Waals surface area contributed by atoms with E-state index in [-0.39, 0.29) is 20.9 Å². The number of quaternary nitrogens is 1. The van der Waals surface area contributed by atoms with Crippen LogP contribution in [0.5, 0.6) is 0 Å². The van der Waals surface area contributed by atoms with Crippen LogP contribution in [0.4, 0.5) is 0 Å². The molecule has 2 aliphatic rings. The minimum atomic E-state index is -3.97. The van der Waals surface area contributed by atoms with E-state index in [4.69, 9.17) is 0 Å². The van der Waals surface area contributed by atoms with E-state index in [1.54, 1.807) is 12.1 Å². The molecule has 0 atom stereocenters. The van der Waals surface area contributed by atoms with Gasteiger partial charge in [0.15, 0.2) is 0 Å². The summed E-state index contributed by atoms with van der Waals surface area (Å²) in [7, 11) is -7.94. The fourth-order valence-corrected chi connectivity index (χ4v) is 8.84. The fourth-order valence-electron chi connectivity index (χ4n) is 5.72. The number of rotatable bonds is 14. The second-order valence-corrected chi connectivity index (χ2v) is 15.3. The van der Waals surface area contributed by atoms with Crippen LogP contribution < -0.4 is 5.11 Å². The first-order valence-corrected chi connectivity index (χ1v) is 18.8. The smallest absolute Gasteiger partial charge is 0.211 e. The van der Waals surface area contributed by atoms with Gasteiger partial charge in [-0.1, -0.05) is 95.5 Å². The molecule has 0 bridgehead atoms. The normalized spacial score (nSPS) is 17.5. The molecule has 0 saturated carbocycles. The van der Waals surface area contributed by atoms with Crippen LogP contribution in [0.1, 0.15) is 95.0 Å². The highest BCUT2D eigenvalue weighted by atomic mass is 32.2. The highest BCUT2D eigenvalue weighted by Crippen LogP contribution is 2.37. The highest BCUT2D eigenvalue weighted by molar-refractivity contribution is 7.97. The minimum Gasteiger partial charge on any atom is -0.871 e. The molecule has 0 aliphatic carbocycles. The third kappa shape index (κ3) is 7.79. The van der Waals surface area contributed by atoms with E-state index in [1.807, 2.05) is 0 Å². The van der Waals surface area contributed by atoms with Crippen molar-refractivity contribution in [3.63, 3.8) is 0 Å². The Balaban J connectivity index is 0.000000271. The third-order valence-corrected chi connectivity index (χ3v) is 12.0. The van der Waals surface area contributed by atoms with Gasteiger partial charge in [0.2, 0.25) is 25.5 Å². The van der Waals surface area contributed by atoms with Gasteiger partial charge in [0.25, 0.3) is 0 Å². The van der Waals surface area contributed by atoms with Crippen molar-refractivity contribution in [1.29, 1.82) is 0 Å². The molecule has 0 saturated heterocycles. The van der Waals surface area contributed by atoms with Crippen LogP contribution in [-0.4, -0.2) is 53.3 Å². The predicted octanol–water partition coefficient (Wildman–Crippen LogP) is 6.62. The third-order valence-electron chi connectivity index (χ3n) is 8.31. The average molecular weight is 642 g/mol. The maximum atomic E-state index is 12.5. The summed E-state index contributed by atoms with van der Waals surface area (Å²) in [4.78, 5) is 11.3. The summed E-state index contributed by atoms with van der Waals surface area (Å²) in [5.74, 6) is -1.33. The second kappa shape index (κ2) is 15.8. The zero-order chi connectivity index (χ0) is 32.4. The minimum absolute atomic E-state index is 0.0711. The molecule has 0 amide bonds. The van der Waals surface area contributed by atoms with E-state index in [1.165, 1.54) is 118 Å². The Hall–Kier alpha value is -3.01. The summed E-state index contributed by atoms with van der Waals surface area (Å²) in [6, 6.07) is 11.6. The van der Waals surface area contributed by atoms with E-state index in [0.717, 1.165) is 18.2 Å². The second-order valence-electron chi connectivity index (χ2n) is 11.6. The lowest BCUT2D eigenvalue weighted by Gasteiger charge is -2.39. The quantitative estimate of drug-likeness (QED) is 0.170. The summed E-state index contributed by atoms with van der Waals surface area (Å²) < 4.78 is 51.3. The van der Waals surface area contributed by atoms with Gasteiger partial charge >= 0.3 is 0 Å². The molecule has 240 valence electrons. The molecule has 2 heterocycles. The molecule has 4 rings (SSSR count). The average Bonchev–Trinajstić information content (AvgIpc) is 3.34. The molecule has 2 aliphatic heterocycles. The maximum absolute atomic E-state index is 12.5. The number of sulfone groups is 2. The summed E-state index contributed by atoms with van der Waals surface area (Å²) in [5, 5.41) is 12.3. The Labute approximate surface area is 264 Å². The number of hydrogen-bond donors (Lipinski definition) is 0. The number of carbonyl (C=O) groups excluding carboxylic acids is 1. The molecular weight excluding hydrogens is 595 g/mol. The van der Waals surface area contributed by atoms with Crippen molar-refractivity contribution in [3.05, 3.63) is 87.7 Å². The van der Waals surface area contributed by atoms with Gasteiger partial charge in [0, 0.05) is 5.56 Å². The number of fused-ring (bicyclic) bond motifs is 2. The highest BCUT2D eigenvalue weighted by Gasteiger charge is 2.38. The van der Waals surface area contributed by atoms with Crippen LogP contribution in [0.2, 0.25) is 0 Å². The number of hydrogen-bond acceptors (Lipinski definition) is 6. The number of carbonyl (C=O) groups is 1. The first kappa shape index (κ1) is 35.5. The van der Waals surface area contributed by atoms with E-state index in [0.29, 0.717) is 0 Å². The molecule has 9 heteroatoms. The molecular formula is C35H47NO6S2. The van der Waals surface area contributed by atoms with Crippen molar-refractivity contribution in [1.82, 2.24) is 0 Å². The standard InChI is InChI=1S/C19H12O6S2.C16H36N/c20-18-12-6-1-3-8-14(12)26(22,23)16(18)10-5-11-17-19(21)13-7-2-4-9-15(13)27(17,24)25;1-5-9-13-17(14-10-6-2,15-11-7-3)16-12-8-4/h1-11,20H;5-16H2,1-4H3/q;+1/p-1/b10-5+,17-11-;. The molecule has 2 aromatic carbocycles. The number of allylic oxidation sites excluding steroid dienone is 4. The summed E-state index contributed by atoms with van der Waals surface area (Å²) in [6.45, 7) is 15.0. The lowest BCUT2D eigenvalue weighted by Crippen LogP contribution is -2.50. The predicted molar refractivity (Wildman–Crippen MR) is 175 cm³/mol. The molecule has 0 aromatic heterocycles. The molecule has 7 nitrogen and oxygen atoms in total. The number of benzene rings is 2. The van der Waals surface area contributed by atoms with Gasteiger partial charge in [-0.05, 0) is 61.6 Å². The van der Waals surface area contributed by atoms with Crippen LogP contribution in [0, 0.1) is 0 Å². The van der Waals surface area contributed by atoms with Gasteiger partial charge in [-0.15, -0.1) is 0 Å². The maximum Gasteiger partial charge on any atom is 0.211 e. The molecule has 0 unspecified atom stereocenters. The Bertz CT molecular complexity index is 1580. The van der Waals surface area contributed by atoms with Gasteiger partial charge in [0.05, 0.1) is 40.9 Å². The molecule has 0 fully saturated rings. The van der Waals surface area contributed by atoms with Crippen LogP contribution in [0.3, 0.4) is 0 Å². The van der Waals surface area contributed by atoms with Gasteiger partial charge in [-0.25, -0.2) is 16.8 Å². The van der Waals surface area contributed by atoms with Crippen molar-refractivity contribution in [2.75, 3.05) is 26.2 Å². The zero-order valence-electron chi connectivity index (χ0n) is 26.5. The first-order valence-electron chi connectivity index (χ1n) is 15.9. The van der Waals surface area contributed by atoms with Gasteiger partial charge in [-0.2, -0.15) is 0 Å². The molecule has 2 aromatic rings. The summed E-state index contributed by atoms with van der Waals surface area (Å²) in [6.07, 6.45) is 14.2. The number of Topliss-reactive ketones (excluding diaryl/α,β-unsaturated/α-hetero) is 1. The van der Waals surface area contributed by atoms with Crippen molar-refractivity contribution < 1.29 is 31.2 Å². The van der Waals surface area contributed by atoms with Crippen LogP contribution in [-0.2, 0) is 19.7 Å². The fraction of sp³-hybridized carbons (Fsp3) is 0.457. The Morgan fingerprint density at radius 3 is 1.52 bits per heavy atom. The van der Waals surface area contributed by atoms with Crippen molar-refractivity contribution >= 4 is 31.2 Å². The Morgan fingerprint density at radius 2 is 1.09 bits per heavy atom. The van der Waals surface area contributed by atoms with Gasteiger partial charge in [0.1, 0.15) is 4.91 Å². The summed E-state index contributed by atoms with van der Waals surface area (Å²) >= 11 is 0. The number of unbranched alkanes of at least 4 members (excludes halogenated alkanes) is 4. The SMILES string of the molecule is CCCC[N+](CCCC)(CCCC)CCCC.O=C1/C(=C/C=C/C2=C([O-])c3ccccc3S2(=O)=O)S(=O)(=O)c2ccccc21. The summed E-state index contributed by atoms with van der Waals surface area (Å²) in [5.41, 5.74) is 0.142. The Morgan fingerprint density at radius 1 is 0.659 bits per heavy atom. The van der Waals surface area contributed by atoms with Crippen LogP contribution in [0.15, 0.2) is 86.4 Å². The van der Waals surface area contributed by atoms with E-state index < -0.39 is 41.0 Å². The van der Waals surface area contributed by atoms with E-state index in [9.17, 15) is 26.7 Å². The number of ketones is 1. The molecule has 0 spiro atoms. The lowest BCUT2D eigenvalue weighted by molar-refractivity contribution is -0.929. The monoisotopic (exact) mass is 641 g/mol. The molecule has 0 N–H and O–H groups in total. The van der Waals surface area contributed by atoms with Crippen LogP contribution in [0.25, 0.3) is 5.76 Å². The first-order chi connectivity index (χ1) is 21.0. The van der Waals surface area contributed by atoms with Crippen molar-refractivity contribution in [2.24, 2.45) is 0 Å². The molecule has 44 heavy (non-hydrogen) atoms. The van der Waals surface area contributed by atoms with Gasteiger partial charge < -0.3 is 9.59 Å². The molecule has 0 radical (unpaired) electrons. The largest absolute Gasteiger partial charge is 0.871 e. The lowest BCUT2D eigenvalue weighted by atomic mass is 10.1. The van der Waals surface area contributed by atoms with E-state index in [2.05, 4.69) is 27.7 Å². The number of nitrogens with zero attached hydrogens (tertiary/aromatic N) is 1. The van der Waals surface area contributed by atoms with E-state index >= 15 is 0 Å². The topological polar surface area (TPSA) is 108 Å².